The summed E-state index contributed by atoms with van der Waals surface area (Å²) in [6.07, 6.45) is 2.33. The van der Waals surface area contributed by atoms with Crippen LogP contribution in [0.1, 0.15) is 32.3 Å². The molecule has 1 aliphatic rings. The summed E-state index contributed by atoms with van der Waals surface area (Å²) < 4.78 is 13.8. The van der Waals surface area contributed by atoms with Crippen molar-refractivity contribution in [2.45, 2.75) is 32.7 Å². The fraction of sp³-hybridized carbons (Fsp3) is 0.562. The van der Waals surface area contributed by atoms with Crippen molar-refractivity contribution in [3.05, 3.63) is 29.6 Å². The summed E-state index contributed by atoms with van der Waals surface area (Å²) in [5.41, 5.74) is 0.876. The van der Waals surface area contributed by atoms with Crippen LogP contribution in [0.3, 0.4) is 0 Å². The molecule has 1 heterocycles. The number of rotatable bonds is 5. The van der Waals surface area contributed by atoms with Crippen LogP contribution in [0.2, 0.25) is 0 Å². The Bertz CT molecular complexity index is 487. The molecule has 108 valence electrons. The molecule has 0 amide bonds. The van der Waals surface area contributed by atoms with Crippen LogP contribution in [0.15, 0.2) is 18.2 Å². The molecule has 1 aromatic rings. The maximum Gasteiger partial charge on any atom is 0.143 e. The third kappa shape index (κ3) is 3.49. The predicted octanol–water partition coefficient (Wildman–Crippen LogP) is 2.91. The van der Waals surface area contributed by atoms with Crippen LogP contribution < -0.4 is 10.2 Å². The average molecular weight is 275 g/mol. The van der Waals surface area contributed by atoms with Crippen LogP contribution in [0.25, 0.3) is 0 Å². The van der Waals surface area contributed by atoms with Gasteiger partial charge in [0, 0.05) is 19.1 Å². The Labute approximate surface area is 120 Å². The van der Waals surface area contributed by atoms with Crippen LogP contribution in [0, 0.1) is 23.1 Å². The second-order valence-corrected chi connectivity index (χ2v) is 5.84. The van der Waals surface area contributed by atoms with Crippen LogP contribution in [-0.4, -0.2) is 25.7 Å². The van der Waals surface area contributed by atoms with Gasteiger partial charge in [-0.2, -0.15) is 5.26 Å². The smallest absolute Gasteiger partial charge is 0.143 e. The average Bonchev–Trinajstić information content (AvgIpc) is 2.90. The molecule has 1 atom stereocenters. The SMILES string of the molecule is CC(C)CN(CC1CCCN1)c1cccc(F)c1C#N. The monoisotopic (exact) mass is 275 g/mol. The number of hydrogen-bond acceptors (Lipinski definition) is 3. The normalized spacial score (nSPS) is 18.2. The first-order chi connectivity index (χ1) is 9.61. The maximum absolute atomic E-state index is 13.8. The van der Waals surface area contributed by atoms with E-state index in [0.29, 0.717) is 12.0 Å². The predicted molar refractivity (Wildman–Crippen MR) is 79.2 cm³/mol. The third-order valence-corrected chi connectivity index (χ3v) is 3.63. The van der Waals surface area contributed by atoms with Gasteiger partial charge in [0.15, 0.2) is 0 Å². The minimum atomic E-state index is -0.432. The second-order valence-electron chi connectivity index (χ2n) is 5.84. The molecular weight excluding hydrogens is 253 g/mol. The van der Waals surface area contributed by atoms with Crippen LogP contribution in [0.4, 0.5) is 10.1 Å². The molecule has 3 nitrogen and oxygen atoms in total. The molecule has 0 aliphatic carbocycles. The second kappa shape index (κ2) is 6.71. The highest BCUT2D eigenvalue weighted by Crippen LogP contribution is 2.24. The Balaban J connectivity index is 2.25. The Morgan fingerprint density at radius 3 is 2.90 bits per heavy atom. The van der Waals surface area contributed by atoms with E-state index >= 15 is 0 Å². The van der Waals surface area contributed by atoms with Crippen molar-refractivity contribution in [2.75, 3.05) is 24.5 Å². The van der Waals surface area contributed by atoms with E-state index in [0.717, 1.165) is 31.7 Å². The number of anilines is 1. The van der Waals surface area contributed by atoms with Gasteiger partial charge in [-0.1, -0.05) is 19.9 Å². The minimum Gasteiger partial charge on any atom is -0.369 e. The quantitative estimate of drug-likeness (QED) is 0.898. The van der Waals surface area contributed by atoms with Crippen LogP contribution in [-0.2, 0) is 0 Å². The number of hydrogen-bond donors (Lipinski definition) is 1. The van der Waals surface area contributed by atoms with Gasteiger partial charge in [0.1, 0.15) is 17.4 Å². The van der Waals surface area contributed by atoms with Gasteiger partial charge >= 0.3 is 0 Å². The molecule has 4 heteroatoms. The Morgan fingerprint density at radius 2 is 2.30 bits per heavy atom. The first-order valence-corrected chi connectivity index (χ1v) is 7.28. The zero-order valence-electron chi connectivity index (χ0n) is 12.2. The lowest BCUT2D eigenvalue weighted by molar-refractivity contribution is 0.538. The molecule has 1 saturated heterocycles. The van der Waals surface area contributed by atoms with Gasteiger partial charge in [0.2, 0.25) is 0 Å². The van der Waals surface area contributed by atoms with Crippen LogP contribution in [0.5, 0.6) is 0 Å². The summed E-state index contributed by atoms with van der Waals surface area (Å²) in [6.45, 7) is 6.99. The lowest BCUT2D eigenvalue weighted by Crippen LogP contribution is -2.39. The molecule has 20 heavy (non-hydrogen) atoms. The highest BCUT2D eigenvalue weighted by atomic mass is 19.1. The highest BCUT2D eigenvalue weighted by Gasteiger charge is 2.21. The standard InChI is InChI=1S/C16H22FN3/c1-12(2)10-20(11-13-5-4-8-19-13)16-7-3-6-15(17)14(16)9-18/h3,6-7,12-13,19H,4-5,8,10-11H2,1-2H3. The number of benzene rings is 1. The van der Waals surface area contributed by atoms with Gasteiger partial charge in [-0.25, -0.2) is 4.39 Å². The van der Waals surface area contributed by atoms with E-state index < -0.39 is 5.82 Å². The molecule has 0 saturated carbocycles. The third-order valence-electron chi connectivity index (χ3n) is 3.63. The van der Waals surface area contributed by atoms with E-state index in [4.69, 9.17) is 0 Å². The Kier molecular flexibility index (Phi) is 4.97. The Hall–Kier alpha value is -1.60. The Morgan fingerprint density at radius 1 is 1.50 bits per heavy atom. The molecule has 0 spiro atoms. The zero-order valence-corrected chi connectivity index (χ0v) is 12.2. The summed E-state index contributed by atoms with van der Waals surface area (Å²) in [6, 6.07) is 7.32. The summed E-state index contributed by atoms with van der Waals surface area (Å²) in [5, 5.41) is 12.7. The first kappa shape index (κ1) is 14.8. The van der Waals surface area contributed by atoms with Crippen molar-refractivity contribution >= 4 is 5.69 Å². The topological polar surface area (TPSA) is 39.1 Å². The van der Waals surface area contributed by atoms with E-state index in [1.165, 1.54) is 12.5 Å². The number of nitrogens with zero attached hydrogens (tertiary/aromatic N) is 2. The molecule has 1 N–H and O–H groups in total. The van der Waals surface area contributed by atoms with Crippen molar-refractivity contribution in [1.82, 2.24) is 5.32 Å². The molecule has 1 aliphatic heterocycles. The van der Waals surface area contributed by atoms with Gasteiger partial charge < -0.3 is 10.2 Å². The lowest BCUT2D eigenvalue weighted by atomic mass is 10.1. The van der Waals surface area contributed by atoms with Gasteiger partial charge in [0.25, 0.3) is 0 Å². The fourth-order valence-corrected chi connectivity index (χ4v) is 2.78. The van der Waals surface area contributed by atoms with E-state index in [-0.39, 0.29) is 5.56 Å². The molecule has 2 rings (SSSR count). The highest BCUT2D eigenvalue weighted by molar-refractivity contribution is 5.60. The van der Waals surface area contributed by atoms with Gasteiger partial charge in [-0.15, -0.1) is 0 Å². The van der Waals surface area contributed by atoms with Crippen molar-refractivity contribution in [3.63, 3.8) is 0 Å². The van der Waals surface area contributed by atoms with Gasteiger partial charge in [-0.3, -0.25) is 0 Å². The fourth-order valence-electron chi connectivity index (χ4n) is 2.78. The van der Waals surface area contributed by atoms with Gasteiger partial charge in [-0.05, 0) is 37.4 Å². The summed E-state index contributed by atoms with van der Waals surface area (Å²) >= 11 is 0. The molecule has 1 fully saturated rings. The lowest BCUT2D eigenvalue weighted by Gasteiger charge is -2.30. The van der Waals surface area contributed by atoms with E-state index in [1.54, 1.807) is 6.07 Å². The summed E-state index contributed by atoms with van der Waals surface area (Å²) in [4.78, 5) is 2.15. The minimum absolute atomic E-state index is 0.158. The van der Waals surface area contributed by atoms with Crippen molar-refractivity contribution < 1.29 is 4.39 Å². The number of nitrogens with one attached hydrogen (secondary N) is 1. The zero-order chi connectivity index (χ0) is 14.5. The molecular formula is C16H22FN3. The molecule has 0 radical (unpaired) electrons. The van der Waals surface area contributed by atoms with Gasteiger partial charge in [0.05, 0.1) is 5.69 Å². The maximum atomic E-state index is 13.8. The summed E-state index contributed by atoms with van der Waals surface area (Å²) in [7, 11) is 0. The largest absolute Gasteiger partial charge is 0.369 e. The molecule has 0 bridgehead atoms. The van der Waals surface area contributed by atoms with Crippen LogP contribution >= 0.6 is 0 Å². The van der Waals surface area contributed by atoms with E-state index in [9.17, 15) is 9.65 Å². The summed E-state index contributed by atoms with van der Waals surface area (Å²) in [5.74, 6) is 0.0318. The van der Waals surface area contributed by atoms with E-state index in [1.807, 2.05) is 12.1 Å². The number of nitriles is 1. The molecule has 1 unspecified atom stereocenters. The van der Waals surface area contributed by atoms with E-state index in [2.05, 4.69) is 24.1 Å². The molecule has 0 aromatic heterocycles. The number of halogens is 1. The van der Waals surface area contributed by atoms with Crippen molar-refractivity contribution in [2.24, 2.45) is 5.92 Å². The first-order valence-electron chi connectivity index (χ1n) is 7.28. The van der Waals surface area contributed by atoms with Crippen molar-refractivity contribution in [3.8, 4) is 6.07 Å². The molecule has 1 aromatic carbocycles. The van der Waals surface area contributed by atoms with Crippen molar-refractivity contribution in [1.29, 1.82) is 5.26 Å².